The molecular formula is C22H24F3N3O2. The molecule has 1 fully saturated rings. The van der Waals surface area contributed by atoms with Gasteiger partial charge in [-0.05, 0) is 49.5 Å². The van der Waals surface area contributed by atoms with Crippen molar-refractivity contribution in [1.29, 1.82) is 0 Å². The lowest BCUT2D eigenvalue weighted by Crippen LogP contribution is -2.28. The Hall–Kier alpha value is -2.87. The Morgan fingerprint density at radius 2 is 1.83 bits per heavy atom. The summed E-state index contributed by atoms with van der Waals surface area (Å²) in [5, 5.41) is 2.85. The minimum Gasteiger partial charge on any atom is -0.338 e. The lowest BCUT2D eigenvalue weighted by atomic mass is 10.1. The van der Waals surface area contributed by atoms with Crippen molar-refractivity contribution in [3.8, 4) is 0 Å². The number of nitrogens with one attached hydrogen (secondary N) is 1. The largest absolute Gasteiger partial charge is 0.416 e. The van der Waals surface area contributed by atoms with Gasteiger partial charge in [0.05, 0.1) is 11.5 Å². The second-order valence-corrected chi connectivity index (χ2v) is 7.80. The van der Waals surface area contributed by atoms with Crippen molar-refractivity contribution in [2.75, 3.05) is 26.0 Å². The third-order valence-corrected chi connectivity index (χ3v) is 4.91. The summed E-state index contributed by atoms with van der Waals surface area (Å²) in [5.41, 5.74) is 1.34. The molecule has 0 unspecified atom stereocenters. The number of amides is 2. The van der Waals surface area contributed by atoms with Gasteiger partial charge in [-0.3, -0.25) is 9.59 Å². The van der Waals surface area contributed by atoms with Crippen LogP contribution in [0.5, 0.6) is 0 Å². The lowest BCUT2D eigenvalue weighted by Gasteiger charge is -2.18. The van der Waals surface area contributed by atoms with E-state index >= 15 is 0 Å². The minimum absolute atomic E-state index is 0.0438. The molecule has 0 saturated carbocycles. The molecule has 0 spiro atoms. The van der Waals surface area contributed by atoms with Gasteiger partial charge in [0.1, 0.15) is 0 Å². The van der Waals surface area contributed by atoms with E-state index < -0.39 is 17.7 Å². The predicted octanol–water partition coefficient (Wildman–Crippen LogP) is 3.75. The second kappa shape index (κ2) is 8.87. The van der Waals surface area contributed by atoms with Crippen LogP contribution in [0.2, 0.25) is 0 Å². The number of benzene rings is 2. The summed E-state index contributed by atoms with van der Waals surface area (Å²) < 4.78 is 38.7. The van der Waals surface area contributed by atoms with Gasteiger partial charge in [0.15, 0.2) is 0 Å². The summed E-state index contributed by atoms with van der Waals surface area (Å²) in [6, 6.07) is 12.4. The first-order chi connectivity index (χ1) is 14.1. The number of nitrogens with zero attached hydrogens (tertiary/aromatic N) is 2. The molecule has 2 amide bonds. The molecule has 1 heterocycles. The summed E-state index contributed by atoms with van der Waals surface area (Å²) in [7, 11) is 3.91. The van der Waals surface area contributed by atoms with Gasteiger partial charge in [-0.1, -0.05) is 24.3 Å². The number of halogens is 3. The number of anilines is 1. The van der Waals surface area contributed by atoms with Crippen molar-refractivity contribution in [2.24, 2.45) is 5.92 Å². The van der Waals surface area contributed by atoms with Crippen LogP contribution in [0.15, 0.2) is 48.5 Å². The normalized spacial score (nSPS) is 16.9. The number of likely N-dealkylation sites (tertiary alicyclic amines) is 1. The molecule has 30 heavy (non-hydrogen) atoms. The predicted molar refractivity (Wildman–Crippen MR) is 107 cm³/mol. The van der Waals surface area contributed by atoms with Crippen molar-refractivity contribution in [2.45, 2.75) is 25.7 Å². The molecule has 0 aliphatic carbocycles. The van der Waals surface area contributed by atoms with Crippen LogP contribution in [-0.4, -0.2) is 42.3 Å². The van der Waals surface area contributed by atoms with E-state index in [4.69, 9.17) is 0 Å². The monoisotopic (exact) mass is 419 g/mol. The molecule has 1 N–H and O–H groups in total. The molecule has 2 aromatic rings. The van der Waals surface area contributed by atoms with Gasteiger partial charge in [-0.25, -0.2) is 0 Å². The van der Waals surface area contributed by atoms with Crippen LogP contribution in [0.4, 0.5) is 18.9 Å². The summed E-state index contributed by atoms with van der Waals surface area (Å²) in [4.78, 5) is 28.4. The van der Waals surface area contributed by atoms with Crippen LogP contribution in [0, 0.1) is 5.92 Å². The van der Waals surface area contributed by atoms with Crippen molar-refractivity contribution in [1.82, 2.24) is 9.80 Å². The summed E-state index contributed by atoms with van der Waals surface area (Å²) in [6.45, 7) is 0.958. The smallest absolute Gasteiger partial charge is 0.338 e. The number of hydrogen-bond acceptors (Lipinski definition) is 3. The van der Waals surface area contributed by atoms with Gasteiger partial charge < -0.3 is 15.1 Å². The highest BCUT2D eigenvalue weighted by Crippen LogP contribution is 2.30. The van der Waals surface area contributed by atoms with Crippen molar-refractivity contribution < 1.29 is 22.8 Å². The zero-order chi connectivity index (χ0) is 21.9. The lowest BCUT2D eigenvalue weighted by molar-refractivity contribution is -0.137. The molecule has 160 valence electrons. The molecular weight excluding hydrogens is 395 g/mol. The Balaban J connectivity index is 1.62. The third-order valence-electron chi connectivity index (χ3n) is 4.91. The molecule has 0 radical (unpaired) electrons. The topological polar surface area (TPSA) is 52.7 Å². The molecule has 8 heteroatoms. The maximum atomic E-state index is 12.9. The van der Waals surface area contributed by atoms with E-state index in [1.165, 1.54) is 11.0 Å². The molecule has 5 nitrogen and oxygen atoms in total. The molecule has 1 atom stereocenters. The van der Waals surface area contributed by atoms with Crippen LogP contribution in [0.1, 0.15) is 23.1 Å². The van der Waals surface area contributed by atoms with Gasteiger partial charge >= 0.3 is 6.18 Å². The summed E-state index contributed by atoms with van der Waals surface area (Å²) in [5.74, 6) is -1.05. The average molecular weight is 419 g/mol. The van der Waals surface area contributed by atoms with Gasteiger partial charge in [0.25, 0.3) is 0 Å². The fourth-order valence-electron chi connectivity index (χ4n) is 3.52. The molecule has 3 rings (SSSR count). The van der Waals surface area contributed by atoms with E-state index in [0.29, 0.717) is 11.3 Å². The highest BCUT2D eigenvalue weighted by atomic mass is 19.4. The highest BCUT2D eigenvalue weighted by Gasteiger charge is 2.35. The van der Waals surface area contributed by atoms with Crippen molar-refractivity contribution in [3.63, 3.8) is 0 Å². The van der Waals surface area contributed by atoms with Gasteiger partial charge in [0, 0.05) is 31.7 Å². The van der Waals surface area contributed by atoms with E-state index in [0.717, 1.165) is 24.2 Å². The summed E-state index contributed by atoms with van der Waals surface area (Å²) >= 11 is 0. The maximum Gasteiger partial charge on any atom is 0.416 e. The summed E-state index contributed by atoms with van der Waals surface area (Å²) in [6.07, 6.45) is -4.39. The van der Waals surface area contributed by atoms with E-state index in [2.05, 4.69) is 5.32 Å². The van der Waals surface area contributed by atoms with Crippen LogP contribution in [0.3, 0.4) is 0 Å². The first-order valence-corrected chi connectivity index (χ1v) is 9.60. The Morgan fingerprint density at radius 1 is 1.13 bits per heavy atom. The standard InChI is InChI=1S/C22H24F3N3O2/c1-27(2)12-16-6-4-8-19(10-16)26-21(30)17-11-20(29)28(14-17)13-15-5-3-7-18(9-15)22(23,24)25/h3-10,17H,11-14H2,1-2H3,(H,26,30)/t17-/m1/s1. The van der Waals surface area contributed by atoms with Crippen LogP contribution in [-0.2, 0) is 28.9 Å². The number of carbonyl (C=O) groups excluding carboxylic acids is 2. The van der Waals surface area contributed by atoms with Gasteiger partial charge in [-0.15, -0.1) is 0 Å². The van der Waals surface area contributed by atoms with Crippen molar-refractivity contribution in [3.05, 3.63) is 65.2 Å². The quantitative estimate of drug-likeness (QED) is 0.776. The second-order valence-electron chi connectivity index (χ2n) is 7.80. The van der Waals surface area contributed by atoms with Crippen molar-refractivity contribution >= 4 is 17.5 Å². The van der Waals surface area contributed by atoms with Gasteiger partial charge in [-0.2, -0.15) is 13.2 Å². The molecule has 2 aromatic carbocycles. The first-order valence-electron chi connectivity index (χ1n) is 9.60. The Bertz CT molecular complexity index is 928. The van der Waals surface area contributed by atoms with E-state index in [-0.39, 0.29) is 31.3 Å². The minimum atomic E-state index is -4.44. The fraction of sp³-hybridized carbons (Fsp3) is 0.364. The molecule has 1 aliphatic rings. The Morgan fingerprint density at radius 3 is 2.53 bits per heavy atom. The SMILES string of the molecule is CN(C)Cc1cccc(NC(=O)[C@@H]2CC(=O)N(Cc3cccc(C(F)(F)F)c3)C2)c1. The fourth-order valence-corrected chi connectivity index (χ4v) is 3.52. The number of rotatable bonds is 6. The number of hydrogen-bond donors (Lipinski definition) is 1. The van der Waals surface area contributed by atoms with Gasteiger partial charge in [0.2, 0.25) is 11.8 Å². The van der Waals surface area contributed by atoms with E-state index in [1.807, 2.05) is 37.2 Å². The Kier molecular flexibility index (Phi) is 6.45. The third kappa shape index (κ3) is 5.60. The first kappa shape index (κ1) is 21.8. The zero-order valence-electron chi connectivity index (χ0n) is 16.9. The van der Waals surface area contributed by atoms with Crippen LogP contribution >= 0.6 is 0 Å². The van der Waals surface area contributed by atoms with Crippen LogP contribution in [0.25, 0.3) is 0 Å². The average Bonchev–Trinajstić information content (AvgIpc) is 3.02. The zero-order valence-corrected chi connectivity index (χ0v) is 16.9. The molecule has 1 saturated heterocycles. The highest BCUT2D eigenvalue weighted by molar-refractivity contribution is 5.97. The van der Waals surface area contributed by atoms with E-state index in [9.17, 15) is 22.8 Å². The number of carbonyl (C=O) groups is 2. The molecule has 0 bridgehead atoms. The Labute approximate surface area is 173 Å². The number of alkyl halides is 3. The molecule has 0 aromatic heterocycles. The maximum absolute atomic E-state index is 12.9. The van der Waals surface area contributed by atoms with E-state index in [1.54, 1.807) is 12.1 Å². The van der Waals surface area contributed by atoms with Crippen LogP contribution < -0.4 is 5.32 Å². The molecule has 1 aliphatic heterocycles.